The minimum absolute atomic E-state index is 0.202. The Hall–Kier alpha value is -1.61. The van der Waals surface area contributed by atoms with Gasteiger partial charge >= 0.3 is 0 Å². The van der Waals surface area contributed by atoms with Crippen LogP contribution in [0.2, 0.25) is 10.0 Å². The Morgan fingerprint density at radius 2 is 1.75 bits per heavy atom. The molecule has 0 atom stereocenters. The van der Waals surface area contributed by atoms with Crippen molar-refractivity contribution in [3.8, 4) is 0 Å². The molecule has 0 aromatic carbocycles. The van der Waals surface area contributed by atoms with Gasteiger partial charge in [-0.2, -0.15) is 0 Å². The van der Waals surface area contributed by atoms with E-state index in [0.29, 0.717) is 22.5 Å². The molecule has 0 bridgehead atoms. The molecule has 0 amide bonds. The summed E-state index contributed by atoms with van der Waals surface area (Å²) in [5, 5.41) is 1.05. The second-order valence-electron chi connectivity index (χ2n) is 7.08. The first-order valence-corrected chi connectivity index (χ1v) is 11.4. The van der Waals surface area contributed by atoms with Crippen LogP contribution in [-0.2, 0) is 10.0 Å². The molecule has 1 N–H and O–H groups in total. The largest absolute Gasteiger partial charge is 0.353 e. The lowest BCUT2D eigenvalue weighted by molar-refractivity contribution is 0.577. The minimum atomic E-state index is -3.49. The first-order chi connectivity index (χ1) is 13.4. The number of pyridine rings is 2. The molecule has 1 saturated heterocycles. The van der Waals surface area contributed by atoms with Gasteiger partial charge in [0.05, 0.1) is 10.0 Å². The van der Waals surface area contributed by atoms with Crippen molar-refractivity contribution >= 4 is 44.9 Å². The summed E-state index contributed by atoms with van der Waals surface area (Å²) in [4.78, 5) is 13.1. The van der Waals surface area contributed by atoms with Gasteiger partial charge in [0.25, 0.3) is 0 Å². The number of nitrogens with zero attached hydrogens (tertiary/aromatic N) is 4. The lowest BCUT2D eigenvalue weighted by Crippen LogP contribution is -2.47. The summed E-state index contributed by atoms with van der Waals surface area (Å²) in [5.74, 6) is 1.97. The zero-order valence-electron chi connectivity index (χ0n) is 15.2. The van der Waals surface area contributed by atoms with Crippen molar-refractivity contribution in [2.75, 3.05) is 42.5 Å². The van der Waals surface area contributed by atoms with Crippen LogP contribution in [0.1, 0.15) is 12.8 Å². The van der Waals surface area contributed by atoms with Gasteiger partial charge in [0.2, 0.25) is 10.0 Å². The molecule has 2 aliphatic rings. The van der Waals surface area contributed by atoms with E-state index in [1.807, 2.05) is 0 Å². The lowest BCUT2D eigenvalue weighted by atomic mass is 10.3. The highest BCUT2D eigenvalue weighted by molar-refractivity contribution is 7.89. The van der Waals surface area contributed by atoms with E-state index >= 15 is 0 Å². The molecular formula is C18H21Cl2N5O2S. The highest BCUT2D eigenvalue weighted by atomic mass is 35.5. The van der Waals surface area contributed by atoms with Gasteiger partial charge in [-0.25, -0.2) is 23.1 Å². The molecule has 0 spiro atoms. The molecular weight excluding hydrogens is 421 g/mol. The normalized spacial score (nSPS) is 17.8. The van der Waals surface area contributed by atoms with Crippen LogP contribution in [-0.4, -0.2) is 51.1 Å². The average molecular weight is 442 g/mol. The molecule has 1 aliphatic heterocycles. The smallest absolute Gasteiger partial charge is 0.242 e. The molecule has 3 heterocycles. The molecule has 2 aromatic heterocycles. The van der Waals surface area contributed by atoms with E-state index in [4.69, 9.17) is 23.2 Å². The topological polar surface area (TPSA) is 78.4 Å². The highest BCUT2D eigenvalue weighted by Gasteiger charge is 2.25. The molecule has 0 unspecified atom stereocenters. The minimum Gasteiger partial charge on any atom is -0.353 e. The Labute approximate surface area is 174 Å². The van der Waals surface area contributed by atoms with Crippen molar-refractivity contribution in [1.82, 2.24) is 14.7 Å². The van der Waals surface area contributed by atoms with Crippen LogP contribution in [0.15, 0.2) is 35.5 Å². The fourth-order valence-corrected chi connectivity index (χ4v) is 4.70. The molecule has 1 aliphatic carbocycles. The molecule has 1 saturated carbocycles. The predicted octanol–water partition coefficient (Wildman–Crippen LogP) is 2.80. The van der Waals surface area contributed by atoms with E-state index in [0.717, 1.165) is 50.7 Å². The first kappa shape index (κ1) is 19.7. The number of aromatic nitrogens is 2. The van der Waals surface area contributed by atoms with Crippen LogP contribution in [0.25, 0.3) is 0 Å². The fraction of sp³-hybridized carbons (Fsp3) is 0.444. The van der Waals surface area contributed by atoms with Gasteiger partial charge in [0, 0.05) is 45.1 Å². The number of anilines is 2. The molecule has 4 rings (SSSR count). The number of piperazine rings is 1. The van der Waals surface area contributed by atoms with Crippen molar-refractivity contribution in [3.63, 3.8) is 0 Å². The Kier molecular flexibility index (Phi) is 5.64. The van der Waals surface area contributed by atoms with Crippen LogP contribution in [0, 0.1) is 5.92 Å². The highest BCUT2D eigenvalue weighted by Crippen LogP contribution is 2.29. The van der Waals surface area contributed by atoms with Gasteiger partial charge in [-0.3, -0.25) is 0 Å². The lowest BCUT2D eigenvalue weighted by Gasteiger charge is -2.36. The maximum atomic E-state index is 12.3. The second kappa shape index (κ2) is 8.02. The Morgan fingerprint density at radius 3 is 2.36 bits per heavy atom. The average Bonchev–Trinajstić information content (AvgIpc) is 3.52. The summed E-state index contributed by atoms with van der Waals surface area (Å²) in [6.45, 7) is 3.45. The SMILES string of the molecule is O=S(=O)(NCC1CC1)c1ccc(N2CCN(c3ncc(Cl)cc3Cl)CC2)nc1. The van der Waals surface area contributed by atoms with E-state index in [1.165, 1.54) is 6.20 Å². The monoisotopic (exact) mass is 441 g/mol. The number of hydrogen-bond acceptors (Lipinski definition) is 6. The fourth-order valence-electron chi connectivity index (χ4n) is 3.14. The van der Waals surface area contributed by atoms with Crippen LogP contribution < -0.4 is 14.5 Å². The van der Waals surface area contributed by atoms with E-state index in [9.17, 15) is 8.42 Å². The molecule has 7 nitrogen and oxygen atoms in total. The first-order valence-electron chi connectivity index (χ1n) is 9.19. The van der Waals surface area contributed by atoms with Crippen LogP contribution in [0.3, 0.4) is 0 Å². The Morgan fingerprint density at radius 1 is 1.04 bits per heavy atom. The Bertz CT molecular complexity index is 943. The van der Waals surface area contributed by atoms with Crippen molar-refractivity contribution in [1.29, 1.82) is 0 Å². The quantitative estimate of drug-likeness (QED) is 0.742. The zero-order valence-corrected chi connectivity index (χ0v) is 17.5. The molecule has 0 radical (unpaired) electrons. The van der Waals surface area contributed by atoms with Crippen molar-refractivity contribution in [3.05, 3.63) is 40.6 Å². The number of halogens is 2. The van der Waals surface area contributed by atoms with Crippen LogP contribution in [0.5, 0.6) is 0 Å². The van der Waals surface area contributed by atoms with Gasteiger partial charge < -0.3 is 9.80 Å². The third-order valence-electron chi connectivity index (χ3n) is 4.98. The molecule has 2 aromatic rings. The van der Waals surface area contributed by atoms with Gasteiger partial charge in [-0.05, 0) is 37.0 Å². The number of nitrogens with one attached hydrogen (secondary N) is 1. The predicted molar refractivity (Wildman–Crippen MR) is 111 cm³/mol. The standard InChI is InChI=1S/C18H21Cl2N5O2S/c19-14-9-16(20)18(22-11-14)25-7-5-24(6-8-25)17-4-3-15(12-21-17)28(26,27)23-10-13-1-2-13/h3-4,9,11-13,23H,1-2,5-8,10H2. The maximum Gasteiger partial charge on any atom is 0.242 e. The van der Waals surface area contributed by atoms with Crippen LogP contribution >= 0.6 is 23.2 Å². The third-order valence-corrected chi connectivity index (χ3v) is 6.88. The molecule has 2 fully saturated rings. The maximum absolute atomic E-state index is 12.3. The third kappa shape index (κ3) is 4.51. The summed E-state index contributed by atoms with van der Waals surface area (Å²) in [7, 11) is -3.49. The summed E-state index contributed by atoms with van der Waals surface area (Å²) in [6, 6.07) is 5.06. The molecule has 28 heavy (non-hydrogen) atoms. The second-order valence-corrected chi connectivity index (χ2v) is 9.69. The number of sulfonamides is 1. The van der Waals surface area contributed by atoms with E-state index in [1.54, 1.807) is 24.4 Å². The van der Waals surface area contributed by atoms with Gasteiger partial charge in [-0.1, -0.05) is 23.2 Å². The van der Waals surface area contributed by atoms with Crippen molar-refractivity contribution in [2.45, 2.75) is 17.7 Å². The molecule has 150 valence electrons. The van der Waals surface area contributed by atoms with Crippen molar-refractivity contribution in [2.24, 2.45) is 5.92 Å². The van der Waals surface area contributed by atoms with Crippen molar-refractivity contribution < 1.29 is 8.42 Å². The number of rotatable bonds is 6. The summed E-state index contributed by atoms with van der Waals surface area (Å²) in [6.07, 6.45) is 5.21. The zero-order chi connectivity index (χ0) is 19.7. The summed E-state index contributed by atoms with van der Waals surface area (Å²) < 4.78 is 27.3. The van der Waals surface area contributed by atoms with Gasteiger partial charge in [0.15, 0.2) is 0 Å². The van der Waals surface area contributed by atoms with E-state index in [2.05, 4.69) is 24.5 Å². The summed E-state index contributed by atoms with van der Waals surface area (Å²) in [5.41, 5.74) is 0. The summed E-state index contributed by atoms with van der Waals surface area (Å²) >= 11 is 12.2. The van der Waals surface area contributed by atoms with Crippen LogP contribution in [0.4, 0.5) is 11.6 Å². The number of hydrogen-bond donors (Lipinski definition) is 1. The van der Waals surface area contributed by atoms with Gasteiger partial charge in [-0.15, -0.1) is 0 Å². The van der Waals surface area contributed by atoms with Gasteiger partial charge in [0.1, 0.15) is 16.5 Å². The Balaban J connectivity index is 1.38. The van der Waals surface area contributed by atoms with E-state index in [-0.39, 0.29) is 4.90 Å². The molecule has 10 heteroatoms. The van der Waals surface area contributed by atoms with E-state index < -0.39 is 10.0 Å².